The second kappa shape index (κ2) is 9.13. The van der Waals surface area contributed by atoms with E-state index < -0.39 is 12.0 Å². The molecular formula is C22H29N3O6. The molecule has 9 nitrogen and oxygen atoms in total. The molecular weight excluding hydrogens is 402 g/mol. The predicted octanol–water partition coefficient (Wildman–Crippen LogP) is 1.20. The summed E-state index contributed by atoms with van der Waals surface area (Å²) in [5.41, 5.74) is 0.666. The minimum Gasteiger partial charge on any atom is -0.454 e. The quantitative estimate of drug-likeness (QED) is 0.672. The first kappa shape index (κ1) is 21.4. The summed E-state index contributed by atoms with van der Waals surface area (Å²) in [6, 6.07) is 4.62. The number of ether oxygens (including phenoxy) is 3. The molecule has 2 unspecified atom stereocenters. The Morgan fingerprint density at radius 3 is 2.77 bits per heavy atom. The number of anilines is 1. The first-order valence-electron chi connectivity index (χ1n) is 10.8. The first-order chi connectivity index (χ1) is 14.9. The molecule has 2 N–H and O–H groups in total. The van der Waals surface area contributed by atoms with Crippen LogP contribution in [0.5, 0.6) is 11.5 Å². The van der Waals surface area contributed by atoms with E-state index in [1.807, 2.05) is 13.8 Å². The Morgan fingerprint density at radius 1 is 1.23 bits per heavy atom. The Morgan fingerprint density at radius 2 is 2.03 bits per heavy atom. The predicted molar refractivity (Wildman–Crippen MR) is 112 cm³/mol. The van der Waals surface area contributed by atoms with Crippen LogP contribution in [0.25, 0.3) is 0 Å². The lowest BCUT2D eigenvalue weighted by atomic mass is 10.0. The van der Waals surface area contributed by atoms with Crippen molar-refractivity contribution in [1.82, 2.24) is 10.6 Å². The maximum atomic E-state index is 12.9. The monoisotopic (exact) mass is 431 g/mol. The topological polar surface area (TPSA) is 106 Å². The molecule has 3 aliphatic rings. The van der Waals surface area contributed by atoms with E-state index in [4.69, 9.17) is 14.2 Å². The average molecular weight is 431 g/mol. The van der Waals surface area contributed by atoms with Crippen molar-refractivity contribution >= 4 is 23.4 Å². The van der Waals surface area contributed by atoms with Gasteiger partial charge in [-0.1, -0.05) is 13.8 Å². The Kier molecular flexibility index (Phi) is 6.31. The molecule has 0 aromatic heterocycles. The zero-order valence-electron chi connectivity index (χ0n) is 17.9. The molecule has 0 spiro atoms. The zero-order valence-corrected chi connectivity index (χ0v) is 17.9. The van der Waals surface area contributed by atoms with E-state index in [0.29, 0.717) is 23.7 Å². The average Bonchev–Trinajstić information content (AvgIpc) is 3.49. The molecule has 0 radical (unpaired) electrons. The van der Waals surface area contributed by atoms with Crippen molar-refractivity contribution in [3.8, 4) is 11.5 Å². The summed E-state index contributed by atoms with van der Waals surface area (Å²) < 4.78 is 16.2. The summed E-state index contributed by atoms with van der Waals surface area (Å²) in [6.45, 7) is 5.35. The van der Waals surface area contributed by atoms with Gasteiger partial charge in [-0.3, -0.25) is 14.4 Å². The van der Waals surface area contributed by atoms with Crippen molar-refractivity contribution in [3.05, 3.63) is 18.2 Å². The van der Waals surface area contributed by atoms with E-state index in [2.05, 4.69) is 10.6 Å². The van der Waals surface area contributed by atoms with Gasteiger partial charge in [0.1, 0.15) is 6.04 Å². The molecule has 3 atom stereocenters. The minimum atomic E-state index is -0.663. The van der Waals surface area contributed by atoms with Gasteiger partial charge in [0.05, 0.1) is 12.0 Å². The number of amides is 3. The van der Waals surface area contributed by atoms with Crippen molar-refractivity contribution in [2.45, 2.75) is 45.3 Å². The SMILES string of the molecule is CC(C)[C@H](NC(=O)C1CC(=O)N(c2ccc3c(c2)OCO3)C1)C(=O)NCC1CCCO1. The van der Waals surface area contributed by atoms with E-state index >= 15 is 0 Å². The highest BCUT2D eigenvalue weighted by atomic mass is 16.7. The summed E-state index contributed by atoms with van der Waals surface area (Å²) in [5, 5.41) is 5.74. The minimum absolute atomic E-state index is 0.0372. The summed E-state index contributed by atoms with van der Waals surface area (Å²) in [4.78, 5) is 39.7. The molecule has 1 aromatic rings. The van der Waals surface area contributed by atoms with Crippen LogP contribution in [0.4, 0.5) is 5.69 Å². The summed E-state index contributed by atoms with van der Waals surface area (Å²) in [6.07, 6.45) is 2.07. The molecule has 3 aliphatic heterocycles. The number of fused-ring (bicyclic) bond motifs is 1. The molecule has 0 aliphatic carbocycles. The van der Waals surface area contributed by atoms with Gasteiger partial charge in [-0.25, -0.2) is 0 Å². The lowest BCUT2D eigenvalue weighted by molar-refractivity contribution is -0.132. The lowest BCUT2D eigenvalue weighted by Gasteiger charge is -2.24. The maximum Gasteiger partial charge on any atom is 0.242 e. The van der Waals surface area contributed by atoms with Crippen LogP contribution in [-0.4, -0.2) is 56.4 Å². The molecule has 3 amide bonds. The van der Waals surface area contributed by atoms with Crippen LogP contribution in [-0.2, 0) is 19.1 Å². The molecule has 3 heterocycles. The highest BCUT2D eigenvalue weighted by Gasteiger charge is 2.37. The van der Waals surface area contributed by atoms with Gasteiger partial charge < -0.3 is 29.7 Å². The highest BCUT2D eigenvalue weighted by molar-refractivity contribution is 6.01. The number of nitrogens with one attached hydrogen (secondary N) is 2. The Balaban J connectivity index is 1.35. The van der Waals surface area contributed by atoms with E-state index in [1.54, 1.807) is 23.1 Å². The molecule has 1 aromatic carbocycles. The number of hydrogen-bond acceptors (Lipinski definition) is 6. The van der Waals surface area contributed by atoms with Crippen molar-refractivity contribution in [3.63, 3.8) is 0 Å². The fraction of sp³-hybridized carbons (Fsp3) is 0.591. The van der Waals surface area contributed by atoms with Crippen LogP contribution >= 0.6 is 0 Å². The van der Waals surface area contributed by atoms with Crippen LogP contribution in [0.1, 0.15) is 33.1 Å². The fourth-order valence-electron chi connectivity index (χ4n) is 4.12. The number of hydrogen-bond donors (Lipinski definition) is 2. The van der Waals surface area contributed by atoms with Gasteiger partial charge in [0, 0.05) is 37.9 Å². The second-order valence-corrected chi connectivity index (χ2v) is 8.55. The van der Waals surface area contributed by atoms with Crippen LogP contribution < -0.4 is 25.0 Å². The van der Waals surface area contributed by atoms with Gasteiger partial charge >= 0.3 is 0 Å². The van der Waals surface area contributed by atoms with Crippen molar-refractivity contribution in [2.24, 2.45) is 11.8 Å². The van der Waals surface area contributed by atoms with Gasteiger partial charge in [-0.2, -0.15) is 0 Å². The number of carbonyl (C=O) groups excluding carboxylic acids is 3. The Labute approximate surface area is 181 Å². The molecule has 31 heavy (non-hydrogen) atoms. The van der Waals surface area contributed by atoms with Crippen molar-refractivity contribution in [2.75, 3.05) is 31.4 Å². The molecule has 4 rings (SSSR count). The Hall–Kier alpha value is -2.81. The number of carbonyl (C=O) groups is 3. The number of nitrogens with zero attached hydrogens (tertiary/aromatic N) is 1. The molecule has 2 saturated heterocycles. The van der Waals surface area contributed by atoms with Gasteiger partial charge in [0.2, 0.25) is 24.5 Å². The summed E-state index contributed by atoms with van der Waals surface area (Å²) >= 11 is 0. The highest BCUT2D eigenvalue weighted by Crippen LogP contribution is 2.37. The van der Waals surface area contributed by atoms with E-state index in [9.17, 15) is 14.4 Å². The molecule has 0 saturated carbocycles. The van der Waals surface area contributed by atoms with E-state index in [0.717, 1.165) is 19.4 Å². The summed E-state index contributed by atoms with van der Waals surface area (Å²) in [7, 11) is 0. The largest absolute Gasteiger partial charge is 0.454 e. The van der Waals surface area contributed by atoms with Crippen LogP contribution in [0.15, 0.2) is 18.2 Å². The number of rotatable bonds is 7. The number of benzene rings is 1. The smallest absolute Gasteiger partial charge is 0.242 e. The molecule has 168 valence electrons. The third-order valence-corrected chi connectivity index (χ3v) is 5.94. The van der Waals surface area contributed by atoms with Crippen LogP contribution in [0, 0.1) is 11.8 Å². The Bertz CT molecular complexity index is 852. The van der Waals surface area contributed by atoms with Gasteiger partial charge in [-0.15, -0.1) is 0 Å². The zero-order chi connectivity index (χ0) is 22.0. The van der Waals surface area contributed by atoms with Crippen molar-refractivity contribution in [1.29, 1.82) is 0 Å². The maximum absolute atomic E-state index is 12.9. The van der Waals surface area contributed by atoms with Gasteiger partial charge in [0.15, 0.2) is 11.5 Å². The summed E-state index contributed by atoms with van der Waals surface area (Å²) in [5.74, 6) is -0.0403. The molecule has 9 heteroatoms. The van der Waals surface area contributed by atoms with Gasteiger partial charge in [-0.05, 0) is 30.9 Å². The second-order valence-electron chi connectivity index (χ2n) is 8.55. The van der Waals surface area contributed by atoms with E-state index in [1.165, 1.54) is 0 Å². The van der Waals surface area contributed by atoms with Crippen molar-refractivity contribution < 1.29 is 28.6 Å². The molecule has 0 bridgehead atoms. The third kappa shape index (κ3) is 4.76. The third-order valence-electron chi connectivity index (χ3n) is 5.94. The lowest BCUT2D eigenvalue weighted by Crippen LogP contribution is -2.52. The molecule has 2 fully saturated rings. The standard InChI is InChI=1S/C22H29N3O6/c1-13(2)20(22(28)23-10-16-4-3-7-29-16)24-21(27)14-8-19(26)25(11-14)15-5-6-17-18(9-15)31-12-30-17/h5-6,9,13-14,16,20H,3-4,7-8,10-12H2,1-2H3,(H,23,28)(H,24,27)/t14?,16?,20-/m0/s1. The fourth-order valence-corrected chi connectivity index (χ4v) is 4.12. The van der Waals surface area contributed by atoms with E-state index in [-0.39, 0.29) is 49.5 Å². The van der Waals surface area contributed by atoms with Crippen LogP contribution in [0.2, 0.25) is 0 Å². The normalized spacial score (nSPS) is 23.3. The van der Waals surface area contributed by atoms with Crippen LogP contribution in [0.3, 0.4) is 0 Å². The first-order valence-corrected chi connectivity index (χ1v) is 10.8. The van der Waals surface area contributed by atoms with Gasteiger partial charge in [0.25, 0.3) is 0 Å².